The second-order valence-corrected chi connectivity index (χ2v) is 10.3. The minimum absolute atomic E-state index is 0. The van der Waals surface area contributed by atoms with Crippen molar-refractivity contribution in [2.75, 3.05) is 0 Å². The van der Waals surface area contributed by atoms with Crippen LogP contribution in [0.1, 0.15) is 0 Å². The van der Waals surface area contributed by atoms with Crippen molar-refractivity contribution in [1.82, 2.24) is 19.9 Å². The van der Waals surface area contributed by atoms with E-state index in [4.69, 9.17) is 19.9 Å². The molecule has 0 saturated heterocycles. The van der Waals surface area contributed by atoms with Gasteiger partial charge in [0, 0.05) is 41.7 Å². The van der Waals surface area contributed by atoms with E-state index in [0.717, 1.165) is 88.6 Å². The molecule has 0 saturated carbocycles. The number of hydrogen-bond donors (Lipinski definition) is 0. The van der Waals surface area contributed by atoms with Gasteiger partial charge in [0.2, 0.25) is 0 Å². The average Bonchev–Trinajstić information content (AvgIpc) is 3.73. The molecule has 5 heteroatoms. The van der Waals surface area contributed by atoms with E-state index in [2.05, 4.69) is 121 Å². The van der Waals surface area contributed by atoms with Gasteiger partial charge in [-0.05, 0) is 45.8 Å². The summed E-state index contributed by atoms with van der Waals surface area (Å²) in [5.74, 6) is 0. The molecule has 0 fully saturated rings. The van der Waals surface area contributed by atoms with E-state index in [-0.39, 0.29) is 26.9 Å². The van der Waals surface area contributed by atoms with Crippen LogP contribution in [0.4, 0.5) is 0 Å². The first-order valence-corrected chi connectivity index (χ1v) is 13.4. The maximum Gasteiger partial charge on any atom is 0.0704 e. The van der Waals surface area contributed by atoms with Crippen LogP contribution in [0, 0.1) is 7.43 Å². The van der Waals surface area contributed by atoms with Crippen LogP contribution >= 0.6 is 0 Å². The number of rotatable bonds is 0. The summed E-state index contributed by atoms with van der Waals surface area (Å²) in [4.78, 5) is 20.5. The third kappa shape index (κ3) is 3.85. The van der Waals surface area contributed by atoms with Gasteiger partial charge in [-0.3, -0.25) is 0 Å². The zero-order valence-corrected chi connectivity index (χ0v) is 26.0. The van der Waals surface area contributed by atoms with Crippen molar-refractivity contribution in [3.63, 3.8) is 0 Å². The Hall–Kier alpha value is -4.86. The molecule has 0 aliphatic carbocycles. The number of hydrogen-bond acceptors (Lipinski definition) is 2. The van der Waals surface area contributed by atoms with E-state index >= 15 is 0 Å². The van der Waals surface area contributed by atoms with Gasteiger partial charge in [-0.2, -0.15) is 0 Å². The SMILES string of the molecule is [CH3-].[Zn].c1ccc2c(c1)-c1cc3[n-]c(cc4nc(cc5[n-]c(cc-2n1)c1ccccc51)-c1ccccc1-4)c1ccccc31. The Bertz CT molecular complexity index is 2020. The van der Waals surface area contributed by atoms with Crippen LogP contribution in [0.3, 0.4) is 0 Å². The smallest absolute Gasteiger partial charge is 0.0704 e. The molecule has 0 spiro atoms. The summed E-state index contributed by atoms with van der Waals surface area (Å²) in [5.41, 5.74) is 11.7. The van der Waals surface area contributed by atoms with Crippen LogP contribution in [-0.4, -0.2) is 9.97 Å². The van der Waals surface area contributed by atoms with Crippen LogP contribution in [-0.2, 0) is 19.5 Å². The first-order chi connectivity index (χ1) is 19.8. The summed E-state index contributed by atoms with van der Waals surface area (Å²) in [7, 11) is 0. The molecule has 4 aromatic carbocycles. The van der Waals surface area contributed by atoms with Gasteiger partial charge in [-0.15, -0.1) is 22.1 Å². The molecule has 4 nitrogen and oxygen atoms in total. The molecule has 9 rings (SSSR count). The van der Waals surface area contributed by atoms with E-state index < -0.39 is 0 Å². The topological polar surface area (TPSA) is 54.0 Å². The minimum Gasteiger partial charge on any atom is -0.657 e. The molecule has 8 bridgehead atoms. The van der Waals surface area contributed by atoms with Gasteiger partial charge in [-0.1, -0.05) is 97.1 Å². The van der Waals surface area contributed by atoms with Crippen molar-refractivity contribution in [2.45, 2.75) is 0 Å². The molecule has 2 aliphatic heterocycles. The summed E-state index contributed by atoms with van der Waals surface area (Å²) < 4.78 is 0. The summed E-state index contributed by atoms with van der Waals surface area (Å²) in [6, 6.07) is 42.1. The number of nitrogens with zero attached hydrogens (tertiary/aromatic N) is 4. The third-order valence-corrected chi connectivity index (χ3v) is 7.97. The molecule has 42 heavy (non-hydrogen) atoms. The fourth-order valence-electron chi connectivity index (χ4n) is 6.12. The molecule has 0 unspecified atom stereocenters. The minimum atomic E-state index is 0. The van der Waals surface area contributed by atoms with Crippen LogP contribution in [0.15, 0.2) is 121 Å². The Morgan fingerprint density at radius 2 is 0.595 bits per heavy atom. The van der Waals surface area contributed by atoms with Crippen molar-refractivity contribution < 1.29 is 19.5 Å². The van der Waals surface area contributed by atoms with Crippen molar-refractivity contribution >= 4 is 43.6 Å². The summed E-state index contributed by atoms with van der Waals surface area (Å²) in [6.07, 6.45) is 0. The number of benzene rings is 4. The van der Waals surface area contributed by atoms with E-state index in [0.29, 0.717) is 0 Å². The molecule has 0 atom stereocenters. The maximum absolute atomic E-state index is 5.13. The molecule has 196 valence electrons. The second kappa shape index (κ2) is 9.90. The van der Waals surface area contributed by atoms with Crippen molar-refractivity contribution in [1.29, 1.82) is 0 Å². The molecular weight excluding hydrogens is 566 g/mol. The van der Waals surface area contributed by atoms with Gasteiger partial charge in [-0.25, -0.2) is 9.97 Å². The van der Waals surface area contributed by atoms with Gasteiger partial charge < -0.3 is 17.4 Å². The first-order valence-electron chi connectivity index (χ1n) is 13.4. The first kappa shape index (κ1) is 26.1. The van der Waals surface area contributed by atoms with Crippen LogP contribution in [0.5, 0.6) is 0 Å². The molecule has 0 amide bonds. The molecule has 2 aliphatic rings. The Balaban J connectivity index is 0.00000144. The summed E-state index contributed by atoms with van der Waals surface area (Å²) >= 11 is 0. The van der Waals surface area contributed by atoms with Crippen LogP contribution in [0.2, 0.25) is 0 Å². The summed E-state index contributed by atoms with van der Waals surface area (Å²) in [5, 5.41) is 4.41. The zero-order chi connectivity index (χ0) is 26.2. The standard InChI is InChI=1S/C36H20N4.CH3.Zn/c1-2-10-22-21(9-1)29-17-31-23-11-3-4-12-24(23)33(38-31)19-35-27-15-7-8-16-28(27)36(40-35)20-34-26-14-6-5-13-25(26)32(39-34)18-30(22)37-29;;/h1-20H;1H3;/q-2;-1;. The predicted octanol–water partition coefficient (Wildman–Crippen LogP) is 9.00. The van der Waals surface area contributed by atoms with Gasteiger partial charge >= 0.3 is 0 Å². The van der Waals surface area contributed by atoms with Gasteiger partial charge in [0.25, 0.3) is 0 Å². The average molecular weight is 589 g/mol. The molecule has 3 aromatic heterocycles. The van der Waals surface area contributed by atoms with Crippen molar-refractivity contribution in [3.05, 3.63) is 129 Å². The van der Waals surface area contributed by atoms with E-state index in [1.165, 1.54) is 0 Å². The predicted molar refractivity (Wildman–Crippen MR) is 169 cm³/mol. The van der Waals surface area contributed by atoms with Gasteiger partial charge in [0.05, 0.1) is 22.8 Å². The van der Waals surface area contributed by atoms with Crippen LogP contribution < -0.4 is 9.97 Å². The van der Waals surface area contributed by atoms with Crippen LogP contribution in [0.25, 0.3) is 88.6 Å². The Labute approximate surface area is 255 Å². The monoisotopic (exact) mass is 587 g/mol. The zero-order valence-electron chi connectivity index (χ0n) is 23.0. The van der Waals surface area contributed by atoms with E-state index in [1.807, 2.05) is 0 Å². The second-order valence-electron chi connectivity index (χ2n) is 10.3. The van der Waals surface area contributed by atoms with Gasteiger partial charge in [0.15, 0.2) is 0 Å². The van der Waals surface area contributed by atoms with Crippen molar-refractivity contribution in [2.24, 2.45) is 0 Å². The fourth-order valence-corrected chi connectivity index (χ4v) is 6.12. The Morgan fingerprint density at radius 3 is 0.857 bits per heavy atom. The molecule has 0 radical (unpaired) electrons. The fraction of sp³-hybridized carbons (Fsp3) is 0. The largest absolute Gasteiger partial charge is 0.657 e. The number of fused-ring (bicyclic) bond motifs is 20. The third-order valence-electron chi connectivity index (χ3n) is 7.97. The molecule has 0 N–H and O–H groups in total. The Kier molecular flexibility index (Phi) is 6.15. The van der Waals surface area contributed by atoms with Crippen molar-refractivity contribution in [3.8, 4) is 45.0 Å². The quantitative estimate of drug-likeness (QED) is 0.131. The normalized spacial score (nSPS) is 11.4. The summed E-state index contributed by atoms with van der Waals surface area (Å²) in [6.45, 7) is 0. The molecule has 5 heterocycles. The maximum atomic E-state index is 5.13. The van der Waals surface area contributed by atoms with Gasteiger partial charge in [0.1, 0.15) is 0 Å². The Morgan fingerprint density at radius 1 is 0.357 bits per heavy atom. The molecular formula is C37H23N4Zn-3. The number of aromatic nitrogens is 4. The van der Waals surface area contributed by atoms with E-state index in [1.54, 1.807) is 0 Å². The molecule has 7 aromatic rings. The van der Waals surface area contributed by atoms with E-state index in [9.17, 15) is 0 Å².